The number of carbonyl (C=O) groups excluding carboxylic acids is 1. The maximum absolute atomic E-state index is 10.7. The first-order valence-electron chi connectivity index (χ1n) is 6.79. The first-order chi connectivity index (χ1) is 8.28. The molecule has 0 aromatic heterocycles. The second-order valence-electron chi connectivity index (χ2n) is 5.55. The summed E-state index contributed by atoms with van der Waals surface area (Å²) < 4.78 is 0. The summed E-state index contributed by atoms with van der Waals surface area (Å²) >= 11 is 0. The van der Waals surface area contributed by atoms with E-state index in [0.29, 0.717) is 0 Å². The van der Waals surface area contributed by atoms with Crippen molar-refractivity contribution in [3.05, 3.63) is 35.5 Å². The number of hydrogen-bond donors (Lipinski definition) is 0. The summed E-state index contributed by atoms with van der Waals surface area (Å²) in [5, 5.41) is 0. The third kappa shape index (κ3) is 3.69. The Morgan fingerprint density at radius 2 is 2.00 bits per heavy atom. The van der Waals surface area contributed by atoms with Crippen LogP contribution in [0, 0.1) is 11.8 Å². The van der Waals surface area contributed by atoms with E-state index in [-0.39, 0.29) is 0 Å². The van der Waals surface area contributed by atoms with Gasteiger partial charge in [0, 0.05) is 5.57 Å². The van der Waals surface area contributed by atoms with Crippen LogP contribution in [0.15, 0.2) is 35.5 Å². The van der Waals surface area contributed by atoms with Crippen LogP contribution in [0.2, 0.25) is 0 Å². The number of aldehydes is 1. The van der Waals surface area contributed by atoms with E-state index < -0.39 is 0 Å². The molecule has 0 N–H and O–H groups in total. The molecule has 0 aliphatic heterocycles. The molecule has 1 heteroatoms. The van der Waals surface area contributed by atoms with Gasteiger partial charge < -0.3 is 0 Å². The average Bonchev–Trinajstić information content (AvgIpc) is 2.57. The summed E-state index contributed by atoms with van der Waals surface area (Å²) in [5.41, 5.74) is 2.27. The van der Waals surface area contributed by atoms with E-state index in [4.69, 9.17) is 0 Å². The van der Waals surface area contributed by atoms with Gasteiger partial charge in [-0.15, -0.1) is 0 Å². The number of carbonyl (C=O) groups is 1. The summed E-state index contributed by atoms with van der Waals surface area (Å²) in [5.74, 6) is 1.80. The smallest absolute Gasteiger partial charge is 0.150 e. The average molecular weight is 230 g/mol. The zero-order valence-electron chi connectivity index (χ0n) is 10.7. The van der Waals surface area contributed by atoms with Gasteiger partial charge in [-0.25, -0.2) is 0 Å². The van der Waals surface area contributed by atoms with Gasteiger partial charge in [-0.05, 0) is 37.5 Å². The summed E-state index contributed by atoms with van der Waals surface area (Å²) in [4.78, 5) is 10.7. The van der Waals surface area contributed by atoms with Crippen molar-refractivity contribution in [2.75, 3.05) is 0 Å². The van der Waals surface area contributed by atoms with Crippen LogP contribution >= 0.6 is 0 Å². The molecule has 0 amide bonds. The monoisotopic (exact) mass is 230 g/mol. The van der Waals surface area contributed by atoms with Crippen molar-refractivity contribution in [2.24, 2.45) is 11.8 Å². The maximum atomic E-state index is 10.7. The minimum Gasteiger partial charge on any atom is -0.298 e. The van der Waals surface area contributed by atoms with Gasteiger partial charge in [0.25, 0.3) is 0 Å². The highest BCUT2D eigenvalue weighted by molar-refractivity contribution is 5.78. The van der Waals surface area contributed by atoms with Crippen LogP contribution in [-0.4, -0.2) is 6.29 Å². The molecule has 0 heterocycles. The Morgan fingerprint density at radius 3 is 2.71 bits per heavy atom. The van der Waals surface area contributed by atoms with Crippen molar-refractivity contribution in [2.45, 2.75) is 45.4 Å². The number of hydrogen-bond acceptors (Lipinski definition) is 1. The molecule has 0 bridgehead atoms. The lowest BCUT2D eigenvalue weighted by molar-refractivity contribution is -0.104. The van der Waals surface area contributed by atoms with E-state index >= 15 is 0 Å². The molecule has 2 aliphatic rings. The molecule has 0 spiro atoms. The zero-order chi connectivity index (χ0) is 12.1. The van der Waals surface area contributed by atoms with Crippen LogP contribution in [0.3, 0.4) is 0 Å². The second kappa shape index (κ2) is 6.00. The van der Waals surface area contributed by atoms with Crippen LogP contribution in [0.25, 0.3) is 0 Å². The van der Waals surface area contributed by atoms with Crippen LogP contribution in [-0.2, 0) is 4.79 Å². The standard InChI is InChI=1S/C16H22O/c1-13-5-7-15(8-6-13)11-14-3-2-4-16(12-17)10-9-14/h2,4,9-10,12-13,15H,3,5-8,11H2,1H3. The Morgan fingerprint density at radius 1 is 1.24 bits per heavy atom. The predicted molar refractivity (Wildman–Crippen MR) is 71.7 cm³/mol. The fraction of sp³-hybridized carbons (Fsp3) is 0.562. The fourth-order valence-corrected chi connectivity index (χ4v) is 2.82. The molecule has 1 fully saturated rings. The number of rotatable bonds is 3. The van der Waals surface area contributed by atoms with E-state index in [9.17, 15) is 4.79 Å². The van der Waals surface area contributed by atoms with Crippen LogP contribution in [0.5, 0.6) is 0 Å². The zero-order valence-corrected chi connectivity index (χ0v) is 10.7. The Kier molecular flexibility index (Phi) is 4.36. The fourth-order valence-electron chi connectivity index (χ4n) is 2.82. The molecule has 1 saturated carbocycles. The molecule has 1 nitrogen and oxygen atoms in total. The lowest BCUT2D eigenvalue weighted by Gasteiger charge is -2.26. The van der Waals surface area contributed by atoms with Gasteiger partial charge in [0.1, 0.15) is 6.29 Å². The highest BCUT2D eigenvalue weighted by Gasteiger charge is 2.18. The quantitative estimate of drug-likeness (QED) is 0.664. The van der Waals surface area contributed by atoms with Gasteiger partial charge in [0.05, 0.1) is 0 Å². The van der Waals surface area contributed by atoms with E-state index in [2.05, 4.69) is 19.1 Å². The van der Waals surface area contributed by atoms with Crippen LogP contribution < -0.4 is 0 Å². The highest BCUT2D eigenvalue weighted by Crippen LogP contribution is 2.33. The molecule has 17 heavy (non-hydrogen) atoms. The summed E-state index contributed by atoms with van der Waals surface area (Å²) in [6.07, 6.45) is 16.9. The molecular weight excluding hydrogens is 208 g/mol. The minimum absolute atomic E-state index is 0.789. The Bertz CT molecular complexity index is 352. The number of allylic oxidation sites excluding steroid dienone is 6. The normalized spacial score (nSPS) is 29.2. The van der Waals surface area contributed by atoms with E-state index in [1.165, 1.54) is 37.7 Å². The molecule has 0 radical (unpaired) electrons. The van der Waals surface area contributed by atoms with Gasteiger partial charge in [-0.1, -0.05) is 49.6 Å². The third-order valence-corrected chi connectivity index (χ3v) is 4.02. The van der Waals surface area contributed by atoms with Gasteiger partial charge >= 0.3 is 0 Å². The van der Waals surface area contributed by atoms with Crippen LogP contribution in [0.4, 0.5) is 0 Å². The molecular formula is C16H22O. The van der Waals surface area contributed by atoms with E-state index in [1.807, 2.05) is 12.2 Å². The Balaban J connectivity index is 1.91. The lowest BCUT2D eigenvalue weighted by atomic mass is 9.79. The van der Waals surface area contributed by atoms with Crippen LogP contribution in [0.1, 0.15) is 45.4 Å². The summed E-state index contributed by atoms with van der Waals surface area (Å²) in [7, 11) is 0. The maximum Gasteiger partial charge on any atom is 0.150 e. The molecule has 0 aromatic carbocycles. The van der Waals surface area contributed by atoms with Crippen molar-refractivity contribution in [3.63, 3.8) is 0 Å². The van der Waals surface area contributed by atoms with Crippen molar-refractivity contribution in [3.8, 4) is 0 Å². The van der Waals surface area contributed by atoms with Gasteiger partial charge in [0.15, 0.2) is 0 Å². The molecule has 92 valence electrons. The molecule has 0 atom stereocenters. The van der Waals surface area contributed by atoms with Gasteiger partial charge in [-0.2, -0.15) is 0 Å². The lowest BCUT2D eigenvalue weighted by Crippen LogP contribution is -2.12. The third-order valence-electron chi connectivity index (χ3n) is 4.02. The van der Waals surface area contributed by atoms with Crippen molar-refractivity contribution in [1.82, 2.24) is 0 Å². The Labute approximate surface area is 104 Å². The first kappa shape index (κ1) is 12.3. The molecule has 0 aromatic rings. The van der Waals surface area contributed by atoms with Gasteiger partial charge in [0.2, 0.25) is 0 Å². The molecule has 0 unspecified atom stereocenters. The van der Waals surface area contributed by atoms with E-state index in [1.54, 1.807) is 0 Å². The van der Waals surface area contributed by atoms with Crippen molar-refractivity contribution in [1.29, 1.82) is 0 Å². The first-order valence-corrected chi connectivity index (χ1v) is 6.79. The largest absolute Gasteiger partial charge is 0.298 e. The molecule has 0 saturated heterocycles. The topological polar surface area (TPSA) is 17.1 Å². The SMILES string of the molecule is CC1CCC(CC2=CC=C(C=O)C=CC2)CC1. The highest BCUT2D eigenvalue weighted by atomic mass is 16.1. The van der Waals surface area contributed by atoms with E-state index in [0.717, 1.165) is 30.1 Å². The summed E-state index contributed by atoms with van der Waals surface area (Å²) in [6.45, 7) is 2.36. The van der Waals surface area contributed by atoms with Gasteiger partial charge in [-0.3, -0.25) is 4.79 Å². The predicted octanol–water partition coefficient (Wildman–Crippen LogP) is 4.21. The molecule has 2 aliphatic carbocycles. The summed E-state index contributed by atoms with van der Waals surface area (Å²) in [6, 6.07) is 0. The minimum atomic E-state index is 0.789. The second-order valence-corrected chi connectivity index (χ2v) is 5.55. The van der Waals surface area contributed by atoms with Crippen molar-refractivity contribution < 1.29 is 4.79 Å². The molecule has 2 rings (SSSR count). The van der Waals surface area contributed by atoms with Crippen molar-refractivity contribution >= 4 is 6.29 Å². The Hall–Kier alpha value is -1.11.